The number of carbonyl (C=O) groups excluding carboxylic acids is 1. The fraction of sp³-hybridized carbons (Fsp3) is 0.385. The average Bonchev–Trinajstić information content (AvgIpc) is 3.26. The van der Waals surface area contributed by atoms with Crippen LogP contribution in [0.1, 0.15) is 55.4 Å². The first-order chi connectivity index (χ1) is 25.1. The van der Waals surface area contributed by atoms with Crippen molar-refractivity contribution in [1.29, 1.82) is 0 Å². The second-order valence-electron chi connectivity index (χ2n) is 13.8. The largest absolute Gasteiger partial charge is 0.508 e. The quantitative estimate of drug-likeness (QED) is 0.172. The zero-order chi connectivity index (χ0) is 36.4. The molecule has 1 amide bonds. The molecule has 2 fully saturated rings. The van der Waals surface area contributed by atoms with Gasteiger partial charge in [0.25, 0.3) is 5.88 Å². The smallest absolute Gasteiger partial charge is 0.322 e. The Balaban J connectivity index is 1.24. The Morgan fingerprint density at radius 3 is 2.92 bits per heavy atom. The zero-order valence-corrected chi connectivity index (χ0v) is 28.9. The molecular weight excluding hydrogens is 670 g/mol. The number of alkyl halides is 1. The van der Waals surface area contributed by atoms with Gasteiger partial charge in [-0.15, -0.1) is 6.42 Å². The summed E-state index contributed by atoms with van der Waals surface area (Å²) in [6, 6.07) is 9.41. The predicted octanol–water partition coefficient (Wildman–Crippen LogP) is 5.41. The van der Waals surface area contributed by atoms with Gasteiger partial charge in [-0.3, -0.25) is 14.7 Å². The maximum absolute atomic E-state index is 15.0. The number of fused-ring (bicyclic) bond motifs is 2. The van der Waals surface area contributed by atoms with E-state index in [1.165, 1.54) is 24.3 Å². The first-order valence-electron chi connectivity index (χ1n) is 17.4. The molecule has 52 heavy (non-hydrogen) atoms. The lowest BCUT2D eigenvalue weighted by Crippen LogP contribution is -2.45. The van der Waals surface area contributed by atoms with E-state index < -0.39 is 23.6 Å². The number of amides is 1. The Morgan fingerprint density at radius 2 is 2.13 bits per heavy atom. The number of halogens is 2. The lowest BCUT2D eigenvalue weighted by molar-refractivity contribution is -0.117. The van der Waals surface area contributed by atoms with Crippen molar-refractivity contribution in [3.05, 3.63) is 84.0 Å². The van der Waals surface area contributed by atoms with Crippen LogP contribution in [0.5, 0.6) is 23.4 Å². The second kappa shape index (κ2) is 14.6. The van der Waals surface area contributed by atoms with E-state index in [1.54, 1.807) is 18.5 Å². The van der Waals surface area contributed by atoms with Gasteiger partial charge in [0.1, 0.15) is 31.0 Å². The van der Waals surface area contributed by atoms with Gasteiger partial charge in [-0.1, -0.05) is 24.6 Å². The van der Waals surface area contributed by atoms with Crippen molar-refractivity contribution in [1.82, 2.24) is 25.2 Å². The number of anilines is 1. The molecule has 13 heteroatoms. The number of nitrogens with one attached hydrogen (secondary N) is 1. The molecule has 2 N–H and O–H groups in total. The van der Waals surface area contributed by atoms with Crippen LogP contribution < -0.4 is 24.4 Å². The third kappa shape index (κ3) is 7.16. The van der Waals surface area contributed by atoms with Crippen LogP contribution in [0.15, 0.2) is 61.4 Å². The van der Waals surface area contributed by atoms with E-state index in [4.69, 9.17) is 25.6 Å². The highest BCUT2D eigenvalue weighted by atomic mass is 19.1. The van der Waals surface area contributed by atoms with Crippen LogP contribution in [-0.2, 0) is 11.3 Å². The number of carbonyl (C=O) groups is 1. The van der Waals surface area contributed by atoms with Crippen molar-refractivity contribution < 1.29 is 32.9 Å². The summed E-state index contributed by atoms with van der Waals surface area (Å²) >= 11 is 0. The Labute approximate surface area is 300 Å². The van der Waals surface area contributed by atoms with Gasteiger partial charge in [0.2, 0.25) is 11.7 Å². The average molecular weight is 711 g/mol. The number of phenols is 1. The Morgan fingerprint density at radius 1 is 1.27 bits per heavy atom. The molecule has 0 radical (unpaired) electrons. The van der Waals surface area contributed by atoms with Gasteiger partial charge in [0, 0.05) is 62.0 Å². The van der Waals surface area contributed by atoms with Gasteiger partial charge in [-0.2, -0.15) is 9.97 Å². The number of aromatic hydroxyl groups is 1. The predicted molar refractivity (Wildman–Crippen MR) is 191 cm³/mol. The fourth-order valence-corrected chi connectivity index (χ4v) is 7.40. The van der Waals surface area contributed by atoms with Crippen molar-refractivity contribution in [2.45, 2.75) is 63.0 Å². The van der Waals surface area contributed by atoms with E-state index in [0.717, 1.165) is 24.8 Å². The van der Waals surface area contributed by atoms with Crippen LogP contribution in [0.25, 0.3) is 10.8 Å². The number of benzene rings is 2. The highest BCUT2D eigenvalue weighted by Gasteiger charge is 2.43. The third-order valence-corrected chi connectivity index (χ3v) is 9.96. The van der Waals surface area contributed by atoms with Gasteiger partial charge in [0.15, 0.2) is 11.9 Å². The van der Waals surface area contributed by atoms with Gasteiger partial charge in [-0.05, 0) is 67.5 Å². The number of phenolic OH excluding ortho intramolecular Hbond substituents is 1. The normalized spacial score (nSPS) is 23.1. The number of rotatable bonds is 9. The van der Waals surface area contributed by atoms with Gasteiger partial charge in [0.05, 0.1) is 11.1 Å². The summed E-state index contributed by atoms with van der Waals surface area (Å²) < 4.78 is 49.1. The number of hydrogen-bond donors (Lipinski definition) is 2. The number of aromatic nitrogens is 3. The minimum absolute atomic E-state index is 0.00471. The van der Waals surface area contributed by atoms with E-state index in [9.17, 15) is 18.7 Å². The van der Waals surface area contributed by atoms with Crippen molar-refractivity contribution in [2.24, 2.45) is 0 Å². The van der Waals surface area contributed by atoms with E-state index in [2.05, 4.69) is 27.8 Å². The Kier molecular flexibility index (Phi) is 9.83. The highest BCUT2D eigenvalue weighted by Crippen LogP contribution is 2.45. The molecule has 3 aliphatic rings. The lowest BCUT2D eigenvalue weighted by Gasteiger charge is -2.35. The zero-order valence-electron chi connectivity index (χ0n) is 28.9. The molecule has 7 rings (SSSR count). The standard InChI is InChI=1S/C39H40F2N6O5/c1-4-29-31(41)12-11-25-15-28(48)16-30(34(25)29)32-22-50-35-36(46-14-7-6-10-27(21-46)43-33(49)5-2)44-38(45-37(35)52-32)51-23-39(3)17-26(40)20-47(39)19-24-9-8-13-42-18-24/h1,5,8-9,11-13,15-16,18,26-27,32,48H,2,6-7,10,14,17,19-23H2,3H3,(H,43,49)/t26-,27?,32?,39+/m1/s1. The molecule has 270 valence electrons. The third-order valence-electron chi connectivity index (χ3n) is 9.96. The van der Waals surface area contributed by atoms with Crippen LogP contribution in [0.2, 0.25) is 0 Å². The van der Waals surface area contributed by atoms with Crippen molar-refractivity contribution >= 4 is 22.5 Å². The summed E-state index contributed by atoms with van der Waals surface area (Å²) in [6.45, 7) is 7.37. The van der Waals surface area contributed by atoms with Crippen LogP contribution >= 0.6 is 0 Å². The van der Waals surface area contributed by atoms with E-state index in [1.807, 2.05) is 28.9 Å². The van der Waals surface area contributed by atoms with Crippen LogP contribution in [0.4, 0.5) is 14.6 Å². The monoisotopic (exact) mass is 710 g/mol. The maximum atomic E-state index is 15.0. The molecule has 4 atom stereocenters. The minimum Gasteiger partial charge on any atom is -0.508 e. The first kappa shape index (κ1) is 34.9. The molecule has 0 spiro atoms. The SMILES string of the molecule is C#Cc1c(F)ccc2cc(O)cc(C3COc4c(nc(OC[C@]5(C)C[C@@H](F)CN5Cc5cccnc5)nc4N4CCCCC(NC(=O)C=C)C4)O3)c12. The molecule has 4 aromatic rings. The van der Waals surface area contributed by atoms with E-state index in [-0.39, 0.29) is 67.1 Å². The summed E-state index contributed by atoms with van der Waals surface area (Å²) in [5, 5.41) is 14.6. The lowest BCUT2D eigenvalue weighted by atomic mass is 9.95. The number of likely N-dealkylation sites (tertiary alicyclic amines) is 1. The number of ether oxygens (including phenoxy) is 3. The molecule has 3 aliphatic heterocycles. The summed E-state index contributed by atoms with van der Waals surface area (Å²) in [6.07, 6.45) is 11.3. The van der Waals surface area contributed by atoms with Gasteiger partial charge in [-0.25, -0.2) is 8.78 Å². The van der Waals surface area contributed by atoms with Gasteiger partial charge >= 0.3 is 6.01 Å². The summed E-state index contributed by atoms with van der Waals surface area (Å²) in [7, 11) is 0. The second-order valence-corrected chi connectivity index (χ2v) is 13.8. The summed E-state index contributed by atoms with van der Waals surface area (Å²) in [5.41, 5.74) is 0.737. The molecule has 2 saturated heterocycles. The van der Waals surface area contributed by atoms with Crippen molar-refractivity contribution in [3.8, 4) is 35.7 Å². The van der Waals surface area contributed by atoms with Crippen LogP contribution in [0.3, 0.4) is 0 Å². The van der Waals surface area contributed by atoms with Crippen molar-refractivity contribution in [3.63, 3.8) is 0 Å². The number of terminal acetylenes is 1. The van der Waals surface area contributed by atoms with Crippen LogP contribution in [0, 0.1) is 18.2 Å². The molecule has 2 aromatic carbocycles. The molecular formula is C39H40F2N6O5. The molecule has 5 heterocycles. The molecule has 11 nitrogen and oxygen atoms in total. The maximum Gasteiger partial charge on any atom is 0.322 e. The van der Waals surface area contributed by atoms with Crippen molar-refractivity contribution in [2.75, 3.05) is 37.7 Å². The first-order valence-corrected chi connectivity index (χ1v) is 17.4. The molecule has 0 bridgehead atoms. The minimum atomic E-state index is -1.04. The number of hydrogen-bond acceptors (Lipinski definition) is 10. The highest BCUT2D eigenvalue weighted by molar-refractivity contribution is 5.93. The summed E-state index contributed by atoms with van der Waals surface area (Å²) in [4.78, 5) is 30.0. The van der Waals surface area contributed by atoms with Gasteiger partial charge < -0.3 is 29.5 Å². The molecule has 2 aromatic heterocycles. The topological polar surface area (TPSA) is 122 Å². The fourth-order valence-electron chi connectivity index (χ4n) is 7.40. The molecule has 0 aliphatic carbocycles. The molecule has 0 saturated carbocycles. The van der Waals surface area contributed by atoms with E-state index in [0.29, 0.717) is 41.8 Å². The Hall–Kier alpha value is -5.48. The number of pyridine rings is 1. The number of nitrogens with zero attached hydrogens (tertiary/aromatic N) is 5. The van der Waals surface area contributed by atoms with E-state index >= 15 is 0 Å². The van der Waals surface area contributed by atoms with Crippen LogP contribution in [-0.4, -0.2) is 81.5 Å². The Bertz CT molecular complexity index is 2030. The molecule has 2 unspecified atom stereocenters. The summed E-state index contributed by atoms with van der Waals surface area (Å²) in [5.74, 6) is 2.32.